The molecule has 0 fully saturated rings. The van der Waals surface area contributed by atoms with Gasteiger partial charge in [-0.25, -0.2) is 0 Å². The minimum Gasteiger partial charge on any atom is -0.364 e. The van der Waals surface area contributed by atoms with Crippen LogP contribution in [0.3, 0.4) is 0 Å². The van der Waals surface area contributed by atoms with Crippen LogP contribution in [0.5, 0.6) is 0 Å². The molecule has 0 spiro atoms. The van der Waals surface area contributed by atoms with Crippen molar-refractivity contribution in [3.63, 3.8) is 0 Å². The van der Waals surface area contributed by atoms with E-state index in [0.717, 1.165) is 12.2 Å². The maximum Gasteiger partial charge on any atom is 0.0654 e. The van der Waals surface area contributed by atoms with Gasteiger partial charge in [0.05, 0.1) is 13.2 Å². The van der Waals surface area contributed by atoms with E-state index in [0.29, 0.717) is 6.61 Å². The molecular formula is C7H12N2O. The van der Waals surface area contributed by atoms with Crippen LogP contribution in [0.4, 0.5) is 0 Å². The van der Waals surface area contributed by atoms with Gasteiger partial charge in [0.1, 0.15) is 0 Å². The van der Waals surface area contributed by atoms with E-state index in [1.54, 1.807) is 0 Å². The number of hydrogen-bond donors (Lipinski definition) is 2. The van der Waals surface area contributed by atoms with Gasteiger partial charge in [0.25, 0.3) is 0 Å². The summed E-state index contributed by atoms with van der Waals surface area (Å²) in [5.41, 5.74) is 3.94. The van der Waals surface area contributed by atoms with Gasteiger partial charge in [-0.05, 0) is 19.1 Å². The van der Waals surface area contributed by atoms with Crippen molar-refractivity contribution >= 4 is 0 Å². The molecule has 1 rings (SSSR count). The predicted molar refractivity (Wildman–Crippen MR) is 39.3 cm³/mol. The highest BCUT2D eigenvalue weighted by Gasteiger charge is 1.88. The second-order valence-corrected chi connectivity index (χ2v) is 1.95. The molecule has 0 aliphatic carbocycles. The summed E-state index contributed by atoms with van der Waals surface area (Å²) in [7, 11) is 0. The number of hydroxylamine groups is 1. The van der Waals surface area contributed by atoms with Crippen molar-refractivity contribution in [1.82, 2.24) is 10.5 Å². The maximum absolute atomic E-state index is 4.94. The van der Waals surface area contributed by atoms with E-state index in [9.17, 15) is 0 Å². The standard InChI is InChI=1S/C7H12N2O/c1-2-10-9-6-7-4-3-5-8-7/h3-5,8-9H,2,6H2,1H3. The third kappa shape index (κ3) is 2.21. The van der Waals surface area contributed by atoms with Crippen molar-refractivity contribution < 1.29 is 4.84 Å². The van der Waals surface area contributed by atoms with Crippen molar-refractivity contribution in [1.29, 1.82) is 0 Å². The Morgan fingerprint density at radius 2 is 2.60 bits per heavy atom. The van der Waals surface area contributed by atoms with Crippen molar-refractivity contribution in [3.05, 3.63) is 24.0 Å². The molecule has 0 aliphatic heterocycles. The Morgan fingerprint density at radius 3 is 3.20 bits per heavy atom. The summed E-state index contributed by atoms with van der Waals surface area (Å²) >= 11 is 0. The summed E-state index contributed by atoms with van der Waals surface area (Å²) in [5.74, 6) is 0. The third-order valence-electron chi connectivity index (χ3n) is 1.17. The average molecular weight is 140 g/mol. The summed E-state index contributed by atoms with van der Waals surface area (Å²) in [6.07, 6.45) is 1.89. The van der Waals surface area contributed by atoms with Crippen molar-refractivity contribution in [2.45, 2.75) is 13.5 Å². The molecule has 0 bridgehead atoms. The summed E-state index contributed by atoms with van der Waals surface area (Å²) in [5, 5.41) is 0. The van der Waals surface area contributed by atoms with Crippen molar-refractivity contribution in [2.24, 2.45) is 0 Å². The Labute approximate surface area is 60.4 Å². The van der Waals surface area contributed by atoms with E-state index in [-0.39, 0.29) is 0 Å². The molecule has 0 atom stereocenters. The van der Waals surface area contributed by atoms with Crippen LogP contribution in [0.15, 0.2) is 18.3 Å². The second kappa shape index (κ2) is 4.09. The molecular weight excluding hydrogens is 128 g/mol. The van der Waals surface area contributed by atoms with Crippen LogP contribution in [0.2, 0.25) is 0 Å². The molecule has 10 heavy (non-hydrogen) atoms. The molecule has 0 unspecified atom stereocenters. The summed E-state index contributed by atoms with van der Waals surface area (Å²) in [6.45, 7) is 3.38. The first kappa shape index (κ1) is 7.31. The van der Waals surface area contributed by atoms with E-state index >= 15 is 0 Å². The molecule has 1 heterocycles. The first-order valence-corrected chi connectivity index (χ1v) is 3.40. The van der Waals surface area contributed by atoms with Gasteiger partial charge in [-0.3, -0.25) is 0 Å². The molecule has 2 N–H and O–H groups in total. The Balaban J connectivity index is 2.15. The second-order valence-electron chi connectivity index (χ2n) is 1.95. The maximum atomic E-state index is 4.94. The summed E-state index contributed by atoms with van der Waals surface area (Å²) in [6, 6.07) is 3.97. The Bertz CT molecular complexity index is 160. The molecule has 1 aromatic heterocycles. The number of rotatable bonds is 4. The van der Waals surface area contributed by atoms with E-state index < -0.39 is 0 Å². The molecule has 56 valence electrons. The normalized spacial score (nSPS) is 10.1. The number of aromatic amines is 1. The molecule has 0 amide bonds. The smallest absolute Gasteiger partial charge is 0.0654 e. The van der Waals surface area contributed by atoms with Crippen LogP contribution < -0.4 is 5.48 Å². The number of H-pyrrole nitrogens is 1. The van der Waals surface area contributed by atoms with Crippen LogP contribution in [0.25, 0.3) is 0 Å². The zero-order valence-corrected chi connectivity index (χ0v) is 6.05. The van der Waals surface area contributed by atoms with Gasteiger partial charge < -0.3 is 9.82 Å². The molecule has 0 aliphatic rings. The van der Waals surface area contributed by atoms with Gasteiger partial charge in [0, 0.05) is 11.9 Å². The molecule has 3 nitrogen and oxygen atoms in total. The lowest BCUT2D eigenvalue weighted by Crippen LogP contribution is -2.13. The van der Waals surface area contributed by atoms with Gasteiger partial charge in [0.2, 0.25) is 0 Å². The Kier molecular flexibility index (Phi) is 2.99. The number of aromatic nitrogens is 1. The molecule has 0 aromatic carbocycles. The van der Waals surface area contributed by atoms with Crippen LogP contribution >= 0.6 is 0 Å². The third-order valence-corrected chi connectivity index (χ3v) is 1.17. The van der Waals surface area contributed by atoms with Crippen LogP contribution in [-0.4, -0.2) is 11.6 Å². The SMILES string of the molecule is CCONCc1ccc[nH]1. The largest absolute Gasteiger partial charge is 0.364 e. The summed E-state index contributed by atoms with van der Waals surface area (Å²) < 4.78 is 0. The summed E-state index contributed by atoms with van der Waals surface area (Å²) in [4.78, 5) is 7.99. The predicted octanol–water partition coefficient (Wildman–Crippen LogP) is 1.06. The fourth-order valence-electron chi connectivity index (χ4n) is 0.708. The highest BCUT2D eigenvalue weighted by Crippen LogP contribution is 1.91. The van der Waals surface area contributed by atoms with Crippen LogP contribution in [-0.2, 0) is 11.4 Å². The highest BCUT2D eigenvalue weighted by atomic mass is 16.6. The first-order valence-electron chi connectivity index (χ1n) is 3.40. The van der Waals surface area contributed by atoms with Crippen LogP contribution in [0.1, 0.15) is 12.6 Å². The Hall–Kier alpha value is -0.800. The monoisotopic (exact) mass is 140 g/mol. The van der Waals surface area contributed by atoms with E-state index in [1.807, 2.05) is 25.3 Å². The van der Waals surface area contributed by atoms with Crippen molar-refractivity contribution in [3.8, 4) is 0 Å². The topological polar surface area (TPSA) is 37.0 Å². The van der Waals surface area contributed by atoms with E-state index in [1.165, 1.54) is 0 Å². The van der Waals surface area contributed by atoms with Crippen molar-refractivity contribution in [2.75, 3.05) is 6.61 Å². The fourth-order valence-corrected chi connectivity index (χ4v) is 0.708. The van der Waals surface area contributed by atoms with Gasteiger partial charge in [-0.2, -0.15) is 5.48 Å². The van der Waals surface area contributed by atoms with Gasteiger partial charge >= 0.3 is 0 Å². The zero-order chi connectivity index (χ0) is 7.23. The van der Waals surface area contributed by atoms with E-state index in [2.05, 4.69) is 10.5 Å². The molecule has 1 aromatic rings. The first-order chi connectivity index (χ1) is 4.93. The van der Waals surface area contributed by atoms with Crippen LogP contribution in [0, 0.1) is 0 Å². The highest BCUT2D eigenvalue weighted by molar-refractivity contribution is 5.02. The van der Waals surface area contributed by atoms with E-state index in [4.69, 9.17) is 4.84 Å². The minimum atomic E-state index is 0.695. The average Bonchev–Trinajstić information content (AvgIpc) is 2.41. The van der Waals surface area contributed by atoms with Gasteiger partial charge in [-0.15, -0.1) is 0 Å². The molecule has 0 saturated heterocycles. The number of nitrogens with one attached hydrogen (secondary N) is 2. The van der Waals surface area contributed by atoms with Gasteiger partial charge in [-0.1, -0.05) is 0 Å². The Morgan fingerprint density at radius 1 is 1.70 bits per heavy atom. The number of hydrogen-bond acceptors (Lipinski definition) is 2. The lowest BCUT2D eigenvalue weighted by Gasteiger charge is -1.99. The fraction of sp³-hybridized carbons (Fsp3) is 0.429. The lowest BCUT2D eigenvalue weighted by molar-refractivity contribution is 0.0457. The zero-order valence-electron chi connectivity index (χ0n) is 6.05. The minimum absolute atomic E-state index is 0.695. The lowest BCUT2D eigenvalue weighted by atomic mass is 10.4. The molecule has 0 saturated carbocycles. The quantitative estimate of drug-likeness (QED) is 0.484. The van der Waals surface area contributed by atoms with Gasteiger partial charge in [0.15, 0.2) is 0 Å². The molecule has 0 radical (unpaired) electrons. The molecule has 3 heteroatoms.